The van der Waals surface area contributed by atoms with Crippen LogP contribution in [0, 0.1) is 11.3 Å². The Bertz CT molecular complexity index is 825. The van der Waals surface area contributed by atoms with Gasteiger partial charge in [0, 0.05) is 30.5 Å². The van der Waals surface area contributed by atoms with Crippen molar-refractivity contribution < 1.29 is 9.53 Å². The SMILES string of the molecule is CCOC(=O)c1ccc(NC2CCC(C(C)(C)C)CC2)c(NCc2cncnc2)c1. The molecule has 0 saturated heterocycles. The van der Waals surface area contributed by atoms with E-state index in [1.165, 1.54) is 19.2 Å². The minimum atomic E-state index is -0.305. The number of carbonyl (C=O) groups is 1. The van der Waals surface area contributed by atoms with Gasteiger partial charge in [-0.3, -0.25) is 0 Å². The number of hydrogen-bond donors (Lipinski definition) is 2. The number of ether oxygens (including phenoxy) is 1. The number of nitrogens with one attached hydrogen (secondary N) is 2. The average molecular weight is 411 g/mol. The molecule has 1 aromatic heterocycles. The van der Waals surface area contributed by atoms with Crippen LogP contribution in [0.1, 0.15) is 69.3 Å². The number of benzene rings is 1. The predicted octanol–water partition coefficient (Wildman–Crippen LogP) is 5.28. The van der Waals surface area contributed by atoms with E-state index in [-0.39, 0.29) is 5.97 Å². The van der Waals surface area contributed by atoms with E-state index < -0.39 is 0 Å². The summed E-state index contributed by atoms with van der Waals surface area (Å²) in [6, 6.07) is 6.12. The minimum Gasteiger partial charge on any atom is -0.462 e. The van der Waals surface area contributed by atoms with Gasteiger partial charge in [0.05, 0.1) is 23.5 Å². The van der Waals surface area contributed by atoms with Crippen molar-refractivity contribution in [3.63, 3.8) is 0 Å². The lowest BCUT2D eigenvalue weighted by atomic mass is 9.71. The first-order valence-corrected chi connectivity index (χ1v) is 10.9. The van der Waals surface area contributed by atoms with Crippen molar-refractivity contribution in [2.75, 3.05) is 17.2 Å². The summed E-state index contributed by atoms with van der Waals surface area (Å²) in [5, 5.41) is 7.15. The van der Waals surface area contributed by atoms with Gasteiger partial charge in [-0.05, 0) is 62.1 Å². The summed E-state index contributed by atoms with van der Waals surface area (Å²) in [6.45, 7) is 9.79. The summed E-state index contributed by atoms with van der Waals surface area (Å²) in [6.07, 6.45) is 9.90. The second-order valence-electron chi connectivity index (χ2n) is 9.14. The molecule has 0 spiro atoms. The molecule has 1 heterocycles. The monoisotopic (exact) mass is 410 g/mol. The van der Waals surface area contributed by atoms with E-state index in [1.54, 1.807) is 12.4 Å². The summed E-state index contributed by atoms with van der Waals surface area (Å²) in [5.74, 6) is 0.471. The first-order valence-electron chi connectivity index (χ1n) is 10.9. The zero-order valence-corrected chi connectivity index (χ0v) is 18.6. The fourth-order valence-corrected chi connectivity index (χ4v) is 4.10. The summed E-state index contributed by atoms with van der Waals surface area (Å²) in [5.41, 5.74) is 3.80. The van der Waals surface area contributed by atoms with Crippen molar-refractivity contribution in [1.29, 1.82) is 0 Å². The Hall–Kier alpha value is -2.63. The Morgan fingerprint density at radius 2 is 1.80 bits per heavy atom. The van der Waals surface area contributed by atoms with Crippen molar-refractivity contribution in [1.82, 2.24) is 9.97 Å². The van der Waals surface area contributed by atoms with E-state index in [9.17, 15) is 4.79 Å². The van der Waals surface area contributed by atoms with Gasteiger partial charge in [0.25, 0.3) is 0 Å². The standard InChI is InChI=1S/C24H34N4O2/c1-5-30-23(29)18-6-11-21(22(12-18)27-15-17-13-25-16-26-14-17)28-20-9-7-19(8-10-20)24(2,3)4/h6,11-14,16,19-20,27-28H,5,7-10,15H2,1-4H3. The Kier molecular flexibility index (Phi) is 7.29. The number of nitrogens with zero attached hydrogens (tertiary/aromatic N) is 2. The third kappa shape index (κ3) is 5.94. The number of aromatic nitrogens is 2. The molecule has 0 unspecified atom stereocenters. The average Bonchev–Trinajstić information content (AvgIpc) is 2.73. The highest BCUT2D eigenvalue weighted by molar-refractivity contribution is 5.92. The zero-order chi connectivity index (χ0) is 21.6. The summed E-state index contributed by atoms with van der Waals surface area (Å²) in [4.78, 5) is 20.4. The summed E-state index contributed by atoms with van der Waals surface area (Å²) in [7, 11) is 0. The van der Waals surface area contributed by atoms with E-state index in [1.807, 2.05) is 25.1 Å². The molecule has 0 radical (unpaired) electrons. The third-order valence-corrected chi connectivity index (χ3v) is 5.94. The lowest BCUT2D eigenvalue weighted by Crippen LogP contribution is -2.31. The summed E-state index contributed by atoms with van der Waals surface area (Å²) >= 11 is 0. The fraction of sp³-hybridized carbons (Fsp3) is 0.542. The lowest BCUT2D eigenvalue weighted by Gasteiger charge is -2.37. The molecule has 6 heteroatoms. The van der Waals surface area contributed by atoms with Gasteiger partial charge in [0.2, 0.25) is 0 Å². The van der Waals surface area contributed by atoms with Crippen LogP contribution in [0.5, 0.6) is 0 Å². The van der Waals surface area contributed by atoms with E-state index in [0.717, 1.165) is 35.7 Å². The van der Waals surface area contributed by atoms with Crippen molar-refractivity contribution >= 4 is 17.3 Å². The maximum atomic E-state index is 12.2. The van der Waals surface area contributed by atoms with Crippen LogP contribution < -0.4 is 10.6 Å². The molecule has 30 heavy (non-hydrogen) atoms. The Morgan fingerprint density at radius 1 is 1.10 bits per heavy atom. The number of rotatable bonds is 7. The first-order chi connectivity index (χ1) is 14.4. The quantitative estimate of drug-likeness (QED) is 0.605. The van der Waals surface area contributed by atoms with Crippen molar-refractivity contribution in [2.45, 2.75) is 66.0 Å². The second-order valence-corrected chi connectivity index (χ2v) is 9.14. The highest BCUT2D eigenvalue weighted by atomic mass is 16.5. The van der Waals surface area contributed by atoms with Gasteiger partial charge < -0.3 is 15.4 Å². The highest BCUT2D eigenvalue weighted by Crippen LogP contribution is 2.39. The highest BCUT2D eigenvalue weighted by Gasteiger charge is 2.29. The van der Waals surface area contributed by atoms with Crippen LogP contribution in [0.2, 0.25) is 0 Å². The number of hydrogen-bond acceptors (Lipinski definition) is 6. The van der Waals surface area contributed by atoms with E-state index in [2.05, 4.69) is 41.4 Å². The zero-order valence-electron chi connectivity index (χ0n) is 18.6. The molecule has 2 aromatic rings. The molecule has 1 saturated carbocycles. The van der Waals surface area contributed by atoms with Crippen LogP contribution in [0.25, 0.3) is 0 Å². The smallest absolute Gasteiger partial charge is 0.338 e. The van der Waals surface area contributed by atoms with Crippen LogP contribution in [0.15, 0.2) is 36.9 Å². The second kappa shape index (κ2) is 9.92. The molecule has 0 aliphatic heterocycles. The van der Waals surface area contributed by atoms with Crippen LogP contribution in [0.4, 0.5) is 11.4 Å². The van der Waals surface area contributed by atoms with Gasteiger partial charge in [-0.1, -0.05) is 20.8 Å². The van der Waals surface area contributed by atoms with Crippen molar-refractivity contribution in [3.8, 4) is 0 Å². The first kappa shape index (κ1) is 22.1. The molecule has 0 atom stereocenters. The van der Waals surface area contributed by atoms with Crippen molar-refractivity contribution in [3.05, 3.63) is 48.0 Å². The Morgan fingerprint density at radius 3 is 2.43 bits per heavy atom. The molecule has 0 amide bonds. The number of carbonyl (C=O) groups excluding carboxylic acids is 1. The third-order valence-electron chi connectivity index (χ3n) is 5.94. The van der Waals surface area contributed by atoms with Crippen LogP contribution in [0.3, 0.4) is 0 Å². The van der Waals surface area contributed by atoms with E-state index in [0.29, 0.717) is 30.2 Å². The van der Waals surface area contributed by atoms with Gasteiger partial charge >= 0.3 is 5.97 Å². The fourth-order valence-electron chi connectivity index (χ4n) is 4.10. The molecule has 2 N–H and O–H groups in total. The van der Waals surface area contributed by atoms with Gasteiger partial charge in [-0.2, -0.15) is 0 Å². The van der Waals surface area contributed by atoms with E-state index >= 15 is 0 Å². The van der Waals surface area contributed by atoms with Gasteiger partial charge in [0.1, 0.15) is 6.33 Å². The molecule has 1 aromatic carbocycles. The summed E-state index contributed by atoms with van der Waals surface area (Å²) < 4.78 is 5.17. The molecule has 1 aliphatic carbocycles. The molecule has 3 rings (SSSR count). The molecule has 1 fully saturated rings. The maximum Gasteiger partial charge on any atom is 0.338 e. The Labute approximate surface area is 179 Å². The molecular formula is C24H34N4O2. The largest absolute Gasteiger partial charge is 0.462 e. The molecule has 6 nitrogen and oxygen atoms in total. The van der Waals surface area contributed by atoms with Crippen LogP contribution in [-0.4, -0.2) is 28.6 Å². The topological polar surface area (TPSA) is 76.1 Å². The number of anilines is 2. The van der Waals surface area contributed by atoms with Crippen molar-refractivity contribution in [2.24, 2.45) is 11.3 Å². The number of esters is 1. The Balaban J connectivity index is 1.72. The molecule has 162 valence electrons. The molecule has 0 bridgehead atoms. The van der Waals surface area contributed by atoms with E-state index in [4.69, 9.17) is 4.74 Å². The molecular weight excluding hydrogens is 376 g/mol. The van der Waals surface area contributed by atoms with Gasteiger partial charge in [-0.15, -0.1) is 0 Å². The maximum absolute atomic E-state index is 12.2. The van der Waals surface area contributed by atoms with Crippen LogP contribution >= 0.6 is 0 Å². The normalized spacial score (nSPS) is 19.2. The molecule has 1 aliphatic rings. The lowest BCUT2D eigenvalue weighted by molar-refractivity contribution is 0.0526. The van der Waals surface area contributed by atoms with Gasteiger partial charge in [0.15, 0.2) is 0 Å². The van der Waals surface area contributed by atoms with Crippen LogP contribution in [-0.2, 0) is 11.3 Å². The van der Waals surface area contributed by atoms with Gasteiger partial charge in [-0.25, -0.2) is 14.8 Å². The minimum absolute atomic E-state index is 0.305. The predicted molar refractivity (Wildman–Crippen MR) is 121 cm³/mol.